The van der Waals surface area contributed by atoms with E-state index in [1.54, 1.807) is 66.7 Å². The van der Waals surface area contributed by atoms with E-state index in [0.717, 1.165) is 23.0 Å². The third-order valence-electron chi connectivity index (χ3n) is 5.75. The Balaban J connectivity index is 1.73. The molecular weight excluding hydrogens is 433 g/mol. The Labute approximate surface area is 196 Å². The molecule has 0 aliphatic heterocycles. The number of fused-ring (bicyclic) bond motifs is 1. The average molecular weight is 460 g/mol. The van der Waals surface area contributed by atoms with Crippen molar-refractivity contribution in [1.82, 2.24) is 14.5 Å². The van der Waals surface area contributed by atoms with Crippen LogP contribution >= 0.6 is 0 Å². The smallest absolute Gasteiger partial charge is 0.336 e. The molecule has 1 aromatic heterocycles. The summed E-state index contributed by atoms with van der Waals surface area (Å²) in [5.74, 6) is -0.492. The minimum Gasteiger partial charge on any atom is -0.356 e. The minimum absolute atomic E-state index is 0.0116. The molecule has 3 aromatic carbocycles. The van der Waals surface area contributed by atoms with Gasteiger partial charge in [-0.1, -0.05) is 55.8 Å². The second-order valence-electron chi connectivity index (χ2n) is 8.16. The molecule has 0 fully saturated rings. The number of hydrogen-bond donors (Lipinski definition) is 1. The van der Waals surface area contributed by atoms with Gasteiger partial charge in [0, 0.05) is 12.1 Å². The molecule has 0 atom stereocenters. The maximum atomic E-state index is 14.3. The molecule has 0 aliphatic rings. The number of halogens is 1. The van der Waals surface area contributed by atoms with Gasteiger partial charge >= 0.3 is 5.69 Å². The van der Waals surface area contributed by atoms with Gasteiger partial charge in [0.15, 0.2) is 0 Å². The van der Waals surface area contributed by atoms with Crippen molar-refractivity contribution in [1.29, 1.82) is 0 Å². The van der Waals surface area contributed by atoms with Crippen LogP contribution in [0.5, 0.6) is 0 Å². The number of carbonyl (C=O) groups is 1. The van der Waals surface area contributed by atoms with Crippen molar-refractivity contribution >= 4 is 16.8 Å². The summed E-state index contributed by atoms with van der Waals surface area (Å²) in [7, 11) is 0. The predicted octanol–water partition coefficient (Wildman–Crippen LogP) is 3.80. The van der Waals surface area contributed by atoms with Gasteiger partial charge in [-0.15, -0.1) is 0 Å². The Hall–Kier alpha value is -4.00. The number of nitrogens with one attached hydrogen (secondary N) is 1. The van der Waals surface area contributed by atoms with Crippen molar-refractivity contribution in [2.75, 3.05) is 6.54 Å². The SMILES string of the molecule is CCCCNC(=O)Cc1ccc(-n2c(=O)c3ccccc3n(Cc3ccccc3F)c2=O)cc1. The fraction of sp³-hybridized carbons (Fsp3) is 0.222. The summed E-state index contributed by atoms with van der Waals surface area (Å²) < 4.78 is 16.8. The third-order valence-corrected chi connectivity index (χ3v) is 5.75. The molecule has 0 saturated heterocycles. The highest BCUT2D eigenvalue weighted by Gasteiger charge is 2.16. The Bertz CT molecular complexity index is 1440. The summed E-state index contributed by atoms with van der Waals surface area (Å²) in [4.78, 5) is 38.8. The molecule has 0 spiro atoms. The first kappa shape index (κ1) is 23.2. The van der Waals surface area contributed by atoms with E-state index < -0.39 is 17.1 Å². The van der Waals surface area contributed by atoms with Crippen molar-refractivity contribution in [2.24, 2.45) is 0 Å². The van der Waals surface area contributed by atoms with Crippen LogP contribution in [-0.2, 0) is 17.8 Å². The molecular formula is C27H26FN3O3. The van der Waals surface area contributed by atoms with Crippen LogP contribution in [0.25, 0.3) is 16.6 Å². The minimum atomic E-state index is -0.558. The van der Waals surface area contributed by atoms with Gasteiger partial charge in [-0.2, -0.15) is 0 Å². The molecule has 1 amide bonds. The van der Waals surface area contributed by atoms with E-state index in [-0.39, 0.29) is 18.9 Å². The molecule has 4 rings (SSSR count). The number of hydrogen-bond acceptors (Lipinski definition) is 3. The molecule has 0 radical (unpaired) electrons. The predicted molar refractivity (Wildman–Crippen MR) is 131 cm³/mol. The van der Waals surface area contributed by atoms with E-state index >= 15 is 0 Å². The van der Waals surface area contributed by atoms with E-state index in [2.05, 4.69) is 12.2 Å². The van der Waals surface area contributed by atoms with Gasteiger partial charge < -0.3 is 5.32 Å². The van der Waals surface area contributed by atoms with Crippen molar-refractivity contribution in [3.63, 3.8) is 0 Å². The zero-order valence-corrected chi connectivity index (χ0v) is 19.0. The van der Waals surface area contributed by atoms with Crippen LogP contribution < -0.4 is 16.6 Å². The van der Waals surface area contributed by atoms with Gasteiger partial charge in [-0.05, 0) is 42.3 Å². The van der Waals surface area contributed by atoms with Crippen LogP contribution in [-0.4, -0.2) is 21.6 Å². The molecule has 1 N–H and O–H groups in total. The number of nitrogens with zero attached hydrogens (tertiary/aromatic N) is 2. The van der Waals surface area contributed by atoms with Crippen LogP contribution in [0.2, 0.25) is 0 Å². The summed E-state index contributed by atoms with van der Waals surface area (Å²) >= 11 is 0. The average Bonchev–Trinajstić information content (AvgIpc) is 2.84. The molecule has 34 heavy (non-hydrogen) atoms. The number of aromatic nitrogens is 2. The fourth-order valence-corrected chi connectivity index (χ4v) is 3.91. The second-order valence-corrected chi connectivity index (χ2v) is 8.16. The highest BCUT2D eigenvalue weighted by atomic mass is 19.1. The van der Waals surface area contributed by atoms with Crippen LogP contribution in [0, 0.1) is 5.82 Å². The highest BCUT2D eigenvalue weighted by Crippen LogP contribution is 2.14. The molecule has 4 aromatic rings. The van der Waals surface area contributed by atoms with Gasteiger partial charge in [-0.25, -0.2) is 13.8 Å². The topological polar surface area (TPSA) is 73.1 Å². The summed E-state index contributed by atoms with van der Waals surface area (Å²) in [6.45, 7) is 2.69. The van der Waals surface area contributed by atoms with Crippen LogP contribution in [0.4, 0.5) is 4.39 Å². The normalized spacial score (nSPS) is 11.0. The van der Waals surface area contributed by atoms with Gasteiger partial charge in [0.1, 0.15) is 5.82 Å². The van der Waals surface area contributed by atoms with E-state index in [1.807, 2.05) is 0 Å². The number of carbonyl (C=O) groups excluding carboxylic acids is 1. The summed E-state index contributed by atoms with van der Waals surface area (Å²) in [5, 5.41) is 3.23. The first-order valence-corrected chi connectivity index (χ1v) is 11.3. The monoisotopic (exact) mass is 459 g/mol. The van der Waals surface area contributed by atoms with E-state index in [4.69, 9.17) is 0 Å². The molecule has 0 aliphatic carbocycles. The molecule has 0 bridgehead atoms. The van der Waals surface area contributed by atoms with Gasteiger partial charge in [-0.3, -0.25) is 14.2 Å². The number of benzene rings is 3. The number of amides is 1. The van der Waals surface area contributed by atoms with Crippen LogP contribution in [0.1, 0.15) is 30.9 Å². The number of unbranched alkanes of at least 4 members (excludes halogenated alkanes) is 1. The molecule has 7 heteroatoms. The van der Waals surface area contributed by atoms with Crippen molar-refractivity contribution in [3.8, 4) is 5.69 Å². The lowest BCUT2D eigenvalue weighted by Gasteiger charge is -2.15. The zero-order chi connectivity index (χ0) is 24.1. The lowest BCUT2D eigenvalue weighted by Crippen LogP contribution is -2.39. The summed E-state index contributed by atoms with van der Waals surface area (Å²) in [6, 6.07) is 19.8. The van der Waals surface area contributed by atoms with Gasteiger partial charge in [0.25, 0.3) is 5.56 Å². The van der Waals surface area contributed by atoms with Gasteiger partial charge in [0.2, 0.25) is 5.91 Å². The molecule has 0 unspecified atom stereocenters. The van der Waals surface area contributed by atoms with E-state index in [0.29, 0.717) is 28.7 Å². The number of rotatable bonds is 8. The quantitative estimate of drug-likeness (QED) is 0.408. The Morgan fingerprint density at radius 3 is 2.38 bits per heavy atom. The third kappa shape index (κ3) is 4.83. The maximum absolute atomic E-state index is 14.3. The highest BCUT2D eigenvalue weighted by molar-refractivity contribution is 5.79. The van der Waals surface area contributed by atoms with E-state index in [1.165, 1.54) is 10.6 Å². The fourth-order valence-electron chi connectivity index (χ4n) is 3.91. The summed E-state index contributed by atoms with van der Waals surface area (Å²) in [5.41, 5.74) is 0.950. The number of para-hydroxylation sites is 1. The Morgan fingerprint density at radius 2 is 1.65 bits per heavy atom. The Kier molecular flexibility index (Phi) is 7.01. The van der Waals surface area contributed by atoms with Gasteiger partial charge in [0.05, 0.1) is 29.6 Å². The lowest BCUT2D eigenvalue weighted by molar-refractivity contribution is -0.120. The van der Waals surface area contributed by atoms with Crippen molar-refractivity contribution in [3.05, 3.63) is 111 Å². The first-order chi connectivity index (χ1) is 16.5. The maximum Gasteiger partial charge on any atom is 0.336 e. The van der Waals surface area contributed by atoms with E-state index in [9.17, 15) is 18.8 Å². The van der Waals surface area contributed by atoms with Crippen molar-refractivity contribution < 1.29 is 9.18 Å². The largest absolute Gasteiger partial charge is 0.356 e. The second kappa shape index (κ2) is 10.3. The molecule has 1 heterocycles. The first-order valence-electron chi connectivity index (χ1n) is 11.3. The molecule has 174 valence electrons. The van der Waals surface area contributed by atoms with Crippen LogP contribution in [0.3, 0.4) is 0 Å². The lowest BCUT2D eigenvalue weighted by atomic mass is 10.1. The summed E-state index contributed by atoms with van der Waals surface area (Å²) in [6.07, 6.45) is 2.15. The van der Waals surface area contributed by atoms with Crippen LogP contribution in [0.15, 0.2) is 82.4 Å². The van der Waals surface area contributed by atoms with Crippen molar-refractivity contribution in [2.45, 2.75) is 32.7 Å². The standard InChI is InChI=1S/C27H26FN3O3/c1-2-3-16-29-25(32)17-19-12-14-21(15-13-19)31-26(33)22-9-5-7-11-24(22)30(27(31)34)18-20-8-4-6-10-23(20)28/h4-15H,2-3,16-18H2,1H3,(H,29,32). The molecule has 0 saturated carbocycles. The molecule has 6 nitrogen and oxygen atoms in total. The zero-order valence-electron chi connectivity index (χ0n) is 19.0. The Morgan fingerprint density at radius 1 is 0.941 bits per heavy atom.